The number of aromatic amines is 1. The molecule has 1 fully saturated rings. The molecular formula is C18H19N3O. The molecule has 4 nitrogen and oxygen atoms in total. The van der Waals surface area contributed by atoms with Crippen molar-refractivity contribution in [2.75, 3.05) is 13.1 Å². The van der Waals surface area contributed by atoms with Crippen molar-refractivity contribution in [2.45, 2.75) is 19.0 Å². The molecule has 1 atom stereocenters. The molecule has 1 unspecified atom stereocenters. The van der Waals surface area contributed by atoms with Gasteiger partial charge in [-0.3, -0.25) is 9.47 Å². The first-order chi connectivity index (χ1) is 10.8. The molecular weight excluding hydrogens is 274 g/mol. The van der Waals surface area contributed by atoms with Gasteiger partial charge in [0.15, 0.2) is 0 Å². The summed E-state index contributed by atoms with van der Waals surface area (Å²) in [6, 6.07) is 18.7. The minimum absolute atomic E-state index is 0.00719. The molecule has 3 aromatic rings. The predicted octanol–water partition coefficient (Wildman–Crippen LogP) is 2.78. The second-order valence-electron chi connectivity index (χ2n) is 5.98. The quantitative estimate of drug-likeness (QED) is 0.806. The van der Waals surface area contributed by atoms with Crippen molar-refractivity contribution < 1.29 is 0 Å². The van der Waals surface area contributed by atoms with E-state index in [1.807, 2.05) is 34.9 Å². The number of benzene rings is 2. The van der Waals surface area contributed by atoms with Gasteiger partial charge >= 0.3 is 5.69 Å². The number of hydrogen-bond donors (Lipinski definition) is 1. The van der Waals surface area contributed by atoms with Gasteiger partial charge in [0, 0.05) is 19.6 Å². The first-order valence-corrected chi connectivity index (χ1v) is 7.77. The molecule has 0 amide bonds. The summed E-state index contributed by atoms with van der Waals surface area (Å²) in [5, 5.41) is 0. The number of hydrogen-bond acceptors (Lipinski definition) is 2. The van der Waals surface area contributed by atoms with E-state index < -0.39 is 0 Å². The summed E-state index contributed by atoms with van der Waals surface area (Å²) < 4.78 is 1.93. The highest BCUT2D eigenvalue weighted by molar-refractivity contribution is 5.75. The van der Waals surface area contributed by atoms with Crippen molar-refractivity contribution in [3.8, 4) is 0 Å². The SMILES string of the molecule is O=c1[nH]c2ccccc2n1C1CCN(Cc2ccccc2)C1. The molecule has 1 aliphatic rings. The van der Waals surface area contributed by atoms with Gasteiger partial charge in [0.1, 0.15) is 0 Å². The zero-order valence-corrected chi connectivity index (χ0v) is 12.4. The van der Waals surface area contributed by atoms with Crippen LogP contribution in [0.4, 0.5) is 0 Å². The number of likely N-dealkylation sites (tertiary alicyclic amines) is 1. The van der Waals surface area contributed by atoms with Gasteiger partial charge in [-0.1, -0.05) is 42.5 Å². The van der Waals surface area contributed by atoms with E-state index in [1.165, 1.54) is 5.56 Å². The lowest BCUT2D eigenvalue weighted by Crippen LogP contribution is -2.26. The molecule has 0 aliphatic carbocycles. The van der Waals surface area contributed by atoms with Gasteiger partial charge < -0.3 is 4.98 Å². The summed E-state index contributed by atoms with van der Waals surface area (Å²) in [7, 11) is 0. The second-order valence-corrected chi connectivity index (χ2v) is 5.98. The highest BCUT2D eigenvalue weighted by Crippen LogP contribution is 2.25. The van der Waals surface area contributed by atoms with Crippen LogP contribution in [0.3, 0.4) is 0 Å². The Kier molecular flexibility index (Phi) is 3.31. The van der Waals surface area contributed by atoms with Crippen molar-refractivity contribution >= 4 is 11.0 Å². The number of imidazole rings is 1. The third kappa shape index (κ3) is 2.35. The minimum atomic E-state index is 0.00719. The van der Waals surface area contributed by atoms with E-state index in [4.69, 9.17) is 0 Å². The van der Waals surface area contributed by atoms with Crippen molar-refractivity contribution in [3.63, 3.8) is 0 Å². The molecule has 4 rings (SSSR count). The first kappa shape index (κ1) is 13.3. The third-order valence-electron chi connectivity index (χ3n) is 4.49. The lowest BCUT2D eigenvalue weighted by Gasteiger charge is -2.16. The van der Waals surface area contributed by atoms with Crippen LogP contribution in [-0.2, 0) is 6.54 Å². The maximum Gasteiger partial charge on any atom is 0.326 e. The van der Waals surface area contributed by atoms with Crippen molar-refractivity contribution in [1.82, 2.24) is 14.5 Å². The van der Waals surface area contributed by atoms with Gasteiger partial charge in [0.25, 0.3) is 0 Å². The Balaban J connectivity index is 1.57. The highest BCUT2D eigenvalue weighted by atomic mass is 16.1. The molecule has 0 bridgehead atoms. The van der Waals surface area contributed by atoms with Crippen LogP contribution in [-0.4, -0.2) is 27.5 Å². The Morgan fingerprint density at radius 1 is 1.05 bits per heavy atom. The average molecular weight is 293 g/mol. The summed E-state index contributed by atoms with van der Waals surface area (Å²) >= 11 is 0. The van der Waals surface area contributed by atoms with E-state index in [0.717, 1.165) is 37.1 Å². The first-order valence-electron chi connectivity index (χ1n) is 7.77. The molecule has 1 aliphatic heterocycles. The fourth-order valence-electron chi connectivity index (χ4n) is 3.44. The molecule has 22 heavy (non-hydrogen) atoms. The lowest BCUT2D eigenvalue weighted by atomic mass is 10.2. The van der Waals surface area contributed by atoms with Crippen LogP contribution in [0.15, 0.2) is 59.4 Å². The number of para-hydroxylation sites is 2. The fourth-order valence-corrected chi connectivity index (χ4v) is 3.44. The molecule has 1 saturated heterocycles. The summed E-state index contributed by atoms with van der Waals surface area (Å²) in [5.74, 6) is 0. The van der Waals surface area contributed by atoms with Crippen LogP contribution < -0.4 is 5.69 Å². The Hall–Kier alpha value is -2.33. The Bertz CT molecular complexity index is 834. The van der Waals surface area contributed by atoms with Gasteiger partial charge in [-0.05, 0) is 24.1 Å². The highest BCUT2D eigenvalue weighted by Gasteiger charge is 2.26. The van der Waals surface area contributed by atoms with Gasteiger partial charge in [-0.2, -0.15) is 0 Å². The van der Waals surface area contributed by atoms with Gasteiger partial charge in [-0.25, -0.2) is 4.79 Å². The Labute approximate surface area is 129 Å². The van der Waals surface area contributed by atoms with E-state index >= 15 is 0 Å². The minimum Gasteiger partial charge on any atom is -0.306 e. The van der Waals surface area contributed by atoms with Crippen LogP contribution in [0.5, 0.6) is 0 Å². The monoisotopic (exact) mass is 293 g/mol. The largest absolute Gasteiger partial charge is 0.326 e. The van der Waals surface area contributed by atoms with E-state index in [-0.39, 0.29) is 11.7 Å². The molecule has 0 spiro atoms. The Morgan fingerprint density at radius 2 is 1.82 bits per heavy atom. The van der Waals surface area contributed by atoms with Crippen LogP contribution >= 0.6 is 0 Å². The molecule has 0 radical (unpaired) electrons. The zero-order chi connectivity index (χ0) is 14.9. The molecule has 2 heterocycles. The standard InChI is InChI=1S/C18H19N3O/c22-18-19-16-8-4-5-9-17(16)21(18)15-10-11-20(13-15)12-14-6-2-1-3-7-14/h1-9,15H,10-13H2,(H,19,22). The van der Waals surface area contributed by atoms with E-state index in [0.29, 0.717) is 0 Å². The fraction of sp³-hybridized carbons (Fsp3) is 0.278. The van der Waals surface area contributed by atoms with Crippen molar-refractivity contribution in [2.24, 2.45) is 0 Å². The van der Waals surface area contributed by atoms with E-state index in [1.54, 1.807) is 0 Å². The smallest absolute Gasteiger partial charge is 0.306 e. The number of nitrogens with one attached hydrogen (secondary N) is 1. The third-order valence-corrected chi connectivity index (χ3v) is 4.49. The maximum absolute atomic E-state index is 12.3. The number of fused-ring (bicyclic) bond motifs is 1. The topological polar surface area (TPSA) is 41.0 Å². The molecule has 2 aromatic carbocycles. The van der Waals surface area contributed by atoms with Crippen LogP contribution in [0.25, 0.3) is 11.0 Å². The lowest BCUT2D eigenvalue weighted by molar-refractivity contribution is 0.316. The van der Waals surface area contributed by atoms with Gasteiger partial charge in [0.2, 0.25) is 0 Å². The normalized spacial score (nSPS) is 19.0. The van der Waals surface area contributed by atoms with Gasteiger partial charge in [-0.15, -0.1) is 0 Å². The molecule has 0 saturated carbocycles. The van der Waals surface area contributed by atoms with E-state index in [2.05, 4.69) is 34.1 Å². The number of nitrogens with zero attached hydrogens (tertiary/aromatic N) is 2. The van der Waals surface area contributed by atoms with E-state index in [9.17, 15) is 4.79 Å². The maximum atomic E-state index is 12.3. The summed E-state index contributed by atoms with van der Waals surface area (Å²) in [6.45, 7) is 2.91. The van der Waals surface area contributed by atoms with Crippen molar-refractivity contribution in [3.05, 3.63) is 70.6 Å². The summed E-state index contributed by atoms with van der Waals surface area (Å²) in [6.07, 6.45) is 1.02. The zero-order valence-electron chi connectivity index (χ0n) is 12.4. The number of aromatic nitrogens is 2. The van der Waals surface area contributed by atoms with Crippen molar-refractivity contribution in [1.29, 1.82) is 0 Å². The molecule has 4 heteroatoms. The molecule has 1 N–H and O–H groups in total. The molecule has 112 valence electrons. The van der Waals surface area contributed by atoms with Crippen LogP contribution in [0.2, 0.25) is 0 Å². The number of H-pyrrole nitrogens is 1. The van der Waals surface area contributed by atoms with Crippen LogP contribution in [0.1, 0.15) is 18.0 Å². The average Bonchev–Trinajstić information content (AvgIpc) is 3.11. The summed E-state index contributed by atoms with van der Waals surface area (Å²) in [4.78, 5) is 17.7. The summed E-state index contributed by atoms with van der Waals surface area (Å²) in [5.41, 5.74) is 3.27. The van der Waals surface area contributed by atoms with Gasteiger partial charge in [0.05, 0.1) is 17.1 Å². The number of rotatable bonds is 3. The molecule has 1 aromatic heterocycles. The second kappa shape index (κ2) is 5.46. The predicted molar refractivity (Wildman–Crippen MR) is 87.9 cm³/mol. The van der Waals surface area contributed by atoms with Crippen LogP contribution in [0, 0.1) is 0 Å². The Morgan fingerprint density at radius 3 is 2.68 bits per heavy atom.